The van der Waals surface area contributed by atoms with E-state index in [1.165, 1.54) is 7.05 Å². The van der Waals surface area contributed by atoms with E-state index >= 15 is 0 Å². The molecule has 0 aliphatic heterocycles. The minimum atomic E-state index is -3.45. The highest BCUT2D eigenvalue weighted by atomic mass is 32.2. The first-order chi connectivity index (χ1) is 7.56. The highest BCUT2D eigenvalue weighted by Gasteiger charge is 2.15. The van der Waals surface area contributed by atoms with Crippen LogP contribution in [-0.4, -0.2) is 15.5 Å². The van der Waals surface area contributed by atoms with Gasteiger partial charge in [-0.2, -0.15) is 0 Å². The Bertz CT molecular complexity index is 635. The molecule has 2 rings (SSSR count). The second-order valence-corrected chi connectivity index (χ2v) is 5.26. The zero-order valence-electron chi connectivity index (χ0n) is 8.77. The molecule has 0 spiro atoms. The van der Waals surface area contributed by atoms with Crippen LogP contribution in [0.15, 0.2) is 41.3 Å². The summed E-state index contributed by atoms with van der Waals surface area (Å²) in [5, 5.41) is 1.38. The molecule has 2 aromatic rings. The van der Waals surface area contributed by atoms with E-state index < -0.39 is 10.0 Å². The lowest BCUT2D eigenvalue weighted by Gasteiger charge is -2.08. The minimum absolute atomic E-state index is 0.250. The number of nitrogen functional groups attached to an aromatic ring is 1. The van der Waals surface area contributed by atoms with Crippen LogP contribution < -0.4 is 10.5 Å². The molecule has 0 atom stereocenters. The standard InChI is InChI=1S/C11H12N2O2S/c1-13-16(14,15)11-7-3-4-8-9(11)5-2-6-10(8)12/h2-7,13H,12H2,1H3. The number of nitrogens with two attached hydrogens (primary N) is 1. The van der Waals surface area contributed by atoms with Crippen LogP contribution in [0.5, 0.6) is 0 Å². The van der Waals surface area contributed by atoms with Crippen molar-refractivity contribution in [3.63, 3.8) is 0 Å². The summed E-state index contributed by atoms with van der Waals surface area (Å²) in [6, 6.07) is 10.3. The first-order valence-electron chi connectivity index (χ1n) is 4.77. The number of fused-ring (bicyclic) bond motifs is 1. The lowest BCUT2D eigenvalue weighted by atomic mass is 10.1. The predicted molar refractivity (Wildman–Crippen MR) is 64.6 cm³/mol. The number of hydrogen-bond acceptors (Lipinski definition) is 3. The van der Waals surface area contributed by atoms with Gasteiger partial charge in [-0.3, -0.25) is 0 Å². The summed E-state index contributed by atoms with van der Waals surface area (Å²) in [5.74, 6) is 0. The van der Waals surface area contributed by atoms with E-state index in [0.29, 0.717) is 11.1 Å². The van der Waals surface area contributed by atoms with Gasteiger partial charge in [0.25, 0.3) is 0 Å². The molecule has 0 aliphatic carbocycles. The smallest absolute Gasteiger partial charge is 0.240 e. The van der Waals surface area contributed by atoms with Crippen molar-refractivity contribution >= 4 is 26.5 Å². The van der Waals surface area contributed by atoms with Crippen LogP contribution >= 0.6 is 0 Å². The Hall–Kier alpha value is -1.59. The summed E-state index contributed by atoms with van der Waals surface area (Å²) in [7, 11) is -2.06. The first-order valence-corrected chi connectivity index (χ1v) is 6.25. The third kappa shape index (κ3) is 1.64. The first kappa shape index (κ1) is 10.9. The summed E-state index contributed by atoms with van der Waals surface area (Å²) in [6.07, 6.45) is 0. The molecule has 2 aromatic carbocycles. The molecule has 3 N–H and O–H groups in total. The van der Waals surface area contributed by atoms with Gasteiger partial charge in [0.05, 0.1) is 4.90 Å². The van der Waals surface area contributed by atoms with E-state index in [1.54, 1.807) is 36.4 Å². The van der Waals surface area contributed by atoms with Crippen molar-refractivity contribution in [2.24, 2.45) is 0 Å². The second-order valence-electron chi connectivity index (χ2n) is 3.41. The Labute approximate surface area is 94.1 Å². The van der Waals surface area contributed by atoms with Gasteiger partial charge in [-0.25, -0.2) is 13.1 Å². The fraction of sp³-hybridized carbons (Fsp3) is 0.0909. The molecular weight excluding hydrogens is 224 g/mol. The topological polar surface area (TPSA) is 72.2 Å². The van der Waals surface area contributed by atoms with Crippen LogP contribution in [0.2, 0.25) is 0 Å². The zero-order chi connectivity index (χ0) is 11.8. The van der Waals surface area contributed by atoms with Gasteiger partial charge in [0.1, 0.15) is 0 Å². The summed E-state index contributed by atoms with van der Waals surface area (Å²) in [5.41, 5.74) is 6.37. The number of sulfonamides is 1. The average Bonchev–Trinajstić information content (AvgIpc) is 2.29. The van der Waals surface area contributed by atoms with E-state index in [-0.39, 0.29) is 4.90 Å². The van der Waals surface area contributed by atoms with Crippen LogP contribution in [0.3, 0.4) is 0 Å². The summed E-state index contributed by atoms with van der Waals surface area (Å²) in [4.78, 5) is 0.250. The maximum absolute atomic E-state index is 11.8. The Morgan fingerprint density at radius 3 is 2.38 bits per heavy atom. The molecule has 84 valence electrons. The van der Waals surface area contributed by atoms with Crippen molar-refractivity contribution in [3.05, 3.63) is 36.4 Å². The van der Waals surface area contributed by atoms with Gasteiger partial charge in [-0.1, -0.05) is 24.3 Å². The molecule has 0 unspecified atom stereocenters. The molecule has 0 saturated heterocycles. The quantitative estimate of drug-likeness (QED) is 0.773. The molecule has 16 heavy (non-hydrogen) atoms. The van der Waals surface area contributed by atoms with E-state index in [0.717, 1.165) is 5.39 Å². The summed E-state index contributed by atoms with van der Waals surface area (Å²) in [6.45, 7) is 0. The lowest BCUT2D eigenvalue weighted by molar-refractivity contribution is 0.589. The molecule has 0 radical (unpaired) electrons. The Balaban J connectivity index is 2.88. The van der Waals surface area contributed by atoms with Gasteiger partial charge in [0, 0.05) is 16.5 Å². The van der Waals surface area contributed by atoms with Gasteiger partial charge >= 0.3 is 0 Å². The average molecular weight is 236 g/mol. The van der Waals surface area contributed by atoms with Crippen LogP contribution in [0.4, 0.5) is 5.69 Å². The largest absolute Gasteiger partial charge is 0.398 e. The van der Waals surface area contributed by atoms with Crippen molar-refractivity contribution in [2.75, 3.05) is 12.8 Å². The van der Waals surface area contributed by atoms with Crippen LogP contribution in [0.25, 0.3) is 10.8 Å². The van der Waals surface area contributed by atoms with Crippen molar-refractivity contribution in [3.8, 4) is 0 Å². The molecule has 0 fully saturated rings. The number of nitrogens with one attached hydrogen (secondary N) is 1. The number of benzene rings is 2. The highest BCUT2D eigenvalue weighted by Crippen LogP contribution is 2.26. The Morgan fingerprint density at radius 2 is 1.69 bits per heavy atom. The fourth-order valence-corrected chi connectivity index (χ4v) is 2.59. The van der Waals surface area contributed by atoms with E-state index in [4.69, 9.17) is 5.73 Å². The molecule has 0 heterocycles. The number of rotatable bonds is 2. The molecule has 0 bridgehead atoms. The minimum Gasteiger partial charge on any atom is -0.398 e. The molecule has 0 saturated carbocycles. The zero-order valence-corrected chi connectivity index (χ0v) is 9.58. The molecular formula is C11H12N2O2S. The molecule has 0 aromatic heterocycles. The molecule has 0 amide bonds. The number of anilines is 1. The van der Waals surface area contributed by atoms with Crippen molar-refractivity contribution in [1.82, 2.24) is 4.72 Å². The van der Waals surface area contributed by atoms with Gasteiger partial charge in [-0.05, 0) is 19.2 Å². The van der Waals surface area contributed by atoms with E-state index in [2.05, 4.69) is 4.72 Å². The van der Waals surface area contributed by atoms with E-state index in [9.17, 15) is 8.42 Å². The summed E-state index contributed by atoms with van der Waals surface area (Å²) >= 11 is 0. The molecule has 0 aliphatic rings. The third-order valence-corrected chi connectivity index (χ3v) is 3.95. The summed E-state index contributed by atoms with van der Waals surface area (Å²) < 4.78 is 25.8. The highest BCUT2D eigenvalue weighted by molar-refractivity contribution is 7.89. The molecule has 5 heteroatoms. The Morgan fingerprint density at radius 1 is 1.06 bits per heavy atom. The van der Waals surface area contributed by atoms with E-state index in [1.807, 2.05) is 0 Å². The normalized spacial score (nSPS) is 11.8. The predicted octanol–water partition coefficient (Wildman–Crippen LogP) is 1.33. The van der Waals surface area contributed by atoms with Crippen molar-refractivity contribution in [2.45, 2.75) is 4.90 Å². The lowest BCUT2D eigenvalue weighted by Crippen LogP contribution is -2.18. The number of hydrogen-bond donors (Lipinski definition) is 2. The fourth-order valence-electron chi connectivity index (χ4n) is 1.65. The van der Waals surface area contributed by atoms with Gasteiger partial charge in [-0.15, -0.1) is 0 Å². The van der Waals surface area contributed by atoms with Gasteiger partial charge in [0.15, 0.2) is 0 Å². The maximum Gasteiger partial charge on any atom is 0.240 e. The maximum atomic E-state index is 11.8. The monoisotopic (exact) mass is 236 g/mol. The second kappa shape index (κ2) is 3.77. The Kier molecular flexibility index (Phi) is 2.57. The third-order valence-electron chi connectivity index (χ3n) is 2.47. The van der Waals surface area contributed by atoms with Crippen molar-refractivity contribution < 1.29 is 8.42 Å². The van der Waals surface area contributed by atoms with Gasteiger partial charge < -0.3 is 5.73 Å². The van der Waals surface area contributed by atoms with Crippen LogP contribution in [0.1, 0.15) is 0 Å². The van der Waals surface area contributed by atoms with Gasteiger partial charge in [0.2, 0.25) is 10.0 Å². The van der Waals surface area contributed by atoms with Crippen molar-refractivity contribution in [1.29, 1.82) is 0 Å². The van der Waals surface area contributed by atoms with Crippen LogP contribution in [0, 0.1) is 0 Å². The molecule has 4 nitrogen and oxygen atoms in total. The SMILES string of the molecule is CNS(=O)(=O)c1cccc2c(N)cccc12. The van der Waals surface area contributed by atoms with Crippen LogP contribution in [-0.2, 0) is 10.0 Å².